The number of benzene rings is 1. The first-order chi connectivity index (χ1) is 8.78. The average molecular weight is 272 g/mol. The Bertz CT molecular complexity index is 414. The van der Waals surface area contributed by atoms with Crippen molar-refractivity contribution in [2.75, 3.05) is 0 Å². The van der Waals surface area contributed by atoms with E-state index in [-0.39, 0.29) is 5.56 Å². The molecule has 0 unspecified atom stereocenters. The molecule has 1 rings (SSSR count). The van der Waals surface area contributed by atoms with Gasteiger partial charge in [0.05, 0.1) is 0 Å². The molecule has 1 aromatic rings. The van der Waals surface area contributed by atoms with Gasteiger partial charge in [0.25, 0.3) is 6.43 Å². The van der Waals surface area contributed by atoms with E-state index in [9.17, 15) is 13.6 Å². The quantitative estimate of drug-likeness (QED) is 0.828. The molecular formula is C13H18F2N2O2. The summed E-state index contributed by atoms with van der Waals surface area (Å²) < 4.78 is 29.7. The summed E-state index contributed by atoms with van der Waals surface area (Å²) in [5.41, 5.74) is 5.22. The molecule has 106 valence electrons. The summed E-state index contributed by atoms with van der Waals surface area (Å²) in [5.74, 6) is 0. The van der Waals surface area contributed by atoms with Gasteiger partial charge in [-0.25, -0.2) is 19.0 Å². The molecule has 0 aliphatic rings. The monoisotopic (exact) mass is 272 g/mol. The third kappa shape index (κ3) is 6.15. The second-order valence-electron chi connectivity index (χ2n) is 5.02. The van der Waals surface area contributed by atoms with Gasteiger partial charge >= 0.3 is 6.09 Å². The van der Waals surface area contributed by atoms with Crippen LogP contribution in [0.2, 0.25) is 0 Å². The van der Waals surface area contributed by atoms with Gasteiger partial charge < -0.3 is 4.74 Å². The summed E-state index contributed by atoms with van der Waals surface area (Å²) in [6.07, 6.45) is -3.06. The molecule has 0 aliphatic carbocycles. The van der Waals surface area contributed by atoms with E-state index in [1.165, 1.54) is 12.1 Å². The lowest BCUT2D eigenvalue weighted by molar-refractivity contribution is 0.0497. The Morgan fingerprint density at radius 2 is 1.84 bits per heavy atom. The molecule has 0 fully saturated rings. The molecule has 0 atom stereocenters. The number of hydrazine groups is 1. The lowest BCUT2D eigenvalue weighted by atomic mass is 10.1. The number of rotatable bonds is 4. The van der Waals surface area contributed by atoms with Crippen LogP contribution in [0, 0.1) is 0 Å². The smallest absolute Gasteiger partial charge is 0.422 e. The van der Waals surface area contributed by atoms with Crippen LogP contribution in [0.1, 0.15) is 38.3 Å². The van der Waals surface area contributed by atoms with Gasteiger partial charge in [0, 0.05) is 12.1 Å². The van der Waals surface area contributed by atoms with Crippen molar-refractivity contribution < 1.29 is 18.3 Å². The van der Waals surface area contributed by atoms with Crippen molar-refractivity contribution >= 4 is 6.09 Å². The first-order valence-corrected chi connectivity index (χ1v) is 5.87. The number of carbonyl (C=O) groups is 1. The molecule has 0 saturated carbocycles. The molecule has 6 heteroatoms. The zero-order valence-electron chi connectivity index (χ0n) is 11.2. The highest BCUT2D eigenvalue weighted by Crippen LogP contribution is 2.18. The second-order valence-corrected chi connectivity index (χ2v) is 5.02. The van der Waals surface area contributed by atoms with Gasteiger partial charge in [-0.15, -0.1) is 0 Å². The van der Waals surface area contributed by atoms with E-state index in [1.54, 1.807) is 32.9 Å². The van der Waals surface area contributed by atoms with Crippen molar-refractivity contribution in [2.24, 2.45) is 0 Å². The van der Waals surface area contributed by atoms with Crippen LogP contribution in [0.3, 0.4) is 0 Å². The van der Waals surface area contributed by atoms with Crippen molar-refractivity contribution in [1.29, 1.82) is 0 Å². The Kier molecular flexibility index (Phi) is 5.23. The van der Waals surface area contributed by atoms with Crippen LogP contribution in [0.15, 0.2) is 24.3 Å². The van der Waals surface area contributed by atoms with Gasteiger partial charge in [-0.1, -0.05) is 24.3 Å². The molecule has 0 aliphatic heterocycles. The lowest BCUT2D eigenvalue weighted by Crippen LogP contribution is -2.40. The molecule has 1 amide bonds. The van der Waals surface area contributed by atoms with E-state index in [0.29, 0.717) is 6.54 Å². The van der Waals surface area contributed by atoms with Crippen molar-refractivity contribution in [1.82, 2.24) is 10.9 Å². The van der Waals surface area contributed by atoms with Gasteiger partial charge in [-0.2, -0.15) is 0 Å². The molecule has 0 heterocycles. The fourth-order valence-electron chi connectivity index (χ4n) is 1.30. The maximum Gasteiger partial charge on any atom is 0.422 e. The average Bonchev–Trinajstić information content (AvgIpc) is 2.27. The predicted octanol–water partition coefficient (Wildman–Crippen LogP) is 3.15. The topological polar surface area (TPSA) is 50.4 Å². The summed E-state index contributed by atoms with van der Waals surface area (Å²) >= 11 is 0. The van der Waals surface area contributed by atoms with Crippen LogP contribution in [0.5, 0.6) is 0 Å². The van der Waals surface area contributed by atoms with Gasteiger partial charge in [0.1, 0.15) is 5.60 Å². The summed E-state index contributed by atoms with van der Waals surface area (Å²) in [6, 6.07) is 5.86. The standard InChI is InChI=1S/C13H18F2N2O2/c1-13(2,3)19-12(18)17-16-8-9-4-6-10(7-5-9)11(14)15/h4-7,11,16H,8H2,1-3H3,(H,17,18). The maximum atomic E-state index is 12.3. The number of amides is 1. The van der Waals surface area contributed by atoms with E-state index in [2.05, 4.69) is 10.9 Å². The Labute approximate surface area is 111 Å². The molecule has 0 bridgehead atoms. The molecule has 4 nitrogen and oxygen atoms in total. The summed E-state index contributed by atoms with van der Waals surface area (Å²) in [6.45, 7) is 5.60. The lowest BCUT2D eigenvalue weighted by Gasteiger charge is -2.19. The van der Waals surface area contributed by atoms with E-state index in [0.717, 1.165) is 5.56 Å². The minimum Gasteiger partial charge on any atom is -0.443 e. The number of alkyl halides is 2. The molecule has 0 saturated heterocycles. The number of carbonyl (C=O) groups excluding carboxylic acids is 1. The van der Waals surface area contributed by atoms with Crippen molar-refractivity contribution in [3.8, 4) is 0 Å². The van der Waals surface area contributed by atoms with Crippen molar-refractivity contribution in [3.63, 3.8) is 0 Å². The minimum absolute atomic E-state index is 0.0242. The summed E-state index contributed by atoms with van der Waals surface area (Å²) in [5, 5.41) is 0. The third-order valence-corrected chi connectivity index (χ3v) is 2.11. The fraction of sp³-hybridized carbons (Fsp3) is 0.462. The Morgan fingerprint density at radius 1 is 1.26 bits per heavy atom. The Hall–Kier alpha value is -1.69. The molecular weight excluding hydrogens is 254 g/mol. The van der Waals surface area contributed by atoms with Crippen molar-refractivity contribution in [2.45, 2.75) is 39.3 Å². The minimum atomic E-state index is -2.47. The highest BCUT2D eigenvalue weighted by Gasteiger charge is 2.15. The molecule has 0 aromatic heterocycles. The van der Waals surface area contributed by atoms with Crippen LogP contribution in [-0.4, -0.2) is 11.7 Å². The predicted molar refractivity (Wildman–Crippen MR) is 67.6 cm³/mol. The van der Waals surface area contributed by atoms with Crippen LogP contribution in [0.4, 0.5) is 13.6 Å². The normalized spacial score (nSPS) is 11.5. The van der Waals surface area contributed by atoms with E-state index in [4.69, 9.17) is 4.74 Å². The third-order valence-electron chi connectivity index (χ3n) is 2.11. The highest BCUT2D eigenvalue weighted by atomic mass is 19.3. The zero-order chi connectivity index (χ0) is 14.5. The second kappa shape index (κ2) is 6.47. The molecule has 1 aromatic carbocycles. The largest absolute Gasteiger partial charge is 0.443 e. The van der Waals surface area contributed by atoms with Crippen molar-refractivity contribution in [3.05, 3.63) is 35.4 Å². The molecule has 19 heavy (non-hydrogen) atoms. The van der Waals surface area contributed by atoms with Gasteiger partial charge in [-0.3, -0.25) is 5.43 Å². The van der Waals surface area contributed by atoms with Crippen LogP contribution >= 0.6 is 0 Å². The Balaban J connectivity index is 2.35. The molecule has 0 spiro atoms. The molecule has 2 N–H and O–H groups in total. The van der Waals surface area contributed by atoms with Gasteiger partial charge in [-0.05, 0) is 26.3 Å². The van der Waals surface area contributed by atoms with E-state index < -0.39 is 18.1 Å². The zero-order valence-corrected chi connectivity index (χ0v) is 11.2. The SMILES string of the molecule is CC(C)(C)OC(=O)NNCc1ccc(C(F)F)cc1. The maximum absolute atomic E-state index is 12.3. The van der Waals surface area contributed by atoms with Crippen LogP contribution in [0.25, 0.3) is 0 Å². The van der Waals surface area contributed by atoms with Crippen LogP contribution < -0.4 is 10.9 Å². The van der Waals surface area contributed by atoms with Gasteiger partial charge in [0.2, 0.25) is 0 Å². The fourth-order valence-corrected chi connectivity index (χ4v) is 1.30. The summed E-state index contributed by atoms with van der Waals surface area (Å²) in [7, 11) is 0. The Morgan fingerprint density at radius 3 is 2.32 bits per heavy atom. The summed E-state index contributed by atoms with van der Waals surface area (Å²) in [4.78, 5) is 11.3. The number of ether oxygens (including phenoxy) is 1. The molecule has 0 radical (unpaired) electrons. The first-order valence-electron chi connectivity index (χ1n) is 5.87. The van der Waals surface area contributed by atoms with E-state index >= 15 is 0 Å². The number of hydrogen-bond donors (Lipinski definition) is 2. The number of halogens is 2. The highest BCUT2D eigenvalue weighted by molar-refractivity contribution is 5.66. The first kappa shape index (κ1) is 15.4. The van der Waals surface area contributed by atoms with E-state index in [1.807, 2.05) is 0 Å². The number of hydrogen-bond acceptors (Lipinski definition) is 3. The number of nitrogens with one attached hydrogen (secondary N) is 2. The van der Waals surface area contributed by atoms with Gasteiger partial charge in [0.15, 0.2) is 0 Å². The van der Waals surface area contributed by atoms with Crippen LogP contribution in [-0.2, 0) is 11.3 Å².